The quantitative estimate of drug-likeness (QED) is 0.810. The van der Waals surface area contributed by atoms with Crippen LogP contribution in [0.4, 0.5) is 0 Å². The average molecular weight is 285 g/mol. The van der Waals surface area contributed by atoms with Gasteiger partial charge in [0.25, 0.3) is 0 Å². The van der Waals surface area contributed by atoms with E-state index in [9.17, 15) is 4.79 Å². The summed E-state index contributed by atoms with van der Waals surface area (Å²) in [5.74, 6) is 0.827. The molecule has 1 aliphatic carbocycles. The van der Waals surface area contributed by atoms with E-state index in [1.54, 1.807) is 23.1 Å². The third-order valence-corrected chi connectivity index (χ3v) is 5.79. The van der Waals surface area contributed by atoms with Crippen LogP contribution in [0.2, 0.25) is 0 Å². The molecule has 0 spiro atoms. The number of hydrogen-bond acceptors (Lipinski definition) is 5. The number of thioether (sulfide) groups is 1. The third kappa shape index (κ3) is 2.87. The first-order chi connectivity index (χ1) is 8.52. The highest BCUT2D eigenvalue weighted by atomic mass is 32.2. The number of thiazole rings is 1. The molecule has 2 unspecified atom stereocenters. The number of carbonyl (C=O) groups is 1. The van der Waals surface area contributed by atoms with Gasteiger partial charge in [-0.15, -0.1) is 11.3 Å². The van der Waals surface area contributed by atoms with E-state index in [0.29, 0.717) is 0 Å². The highest BCUT2D eigenvalue weighted by Gasteiger charge is 2.43. The maximum Gasteiger partial charge on any atom is 0.237 e. The number of rotatable bonds is 5. The predicted octanol–water partition coefficient (Wildman–Crippen LogP) is 1.92. The normalized spacial score (nSPS) is 27.6. The van der Waals surface area contributed by atoms with Gasteiger partial charge in [-0.3, -0.25) is 4.79 Å². The van der Waals surface area contributed by atoms with Crippen molar-refractivity contribution in [2.24, 2.45) is 17.4 Å². The van der Waals surface area contributed by atoms with Gasteiger partial charge in [-0.1, -0.05) is 18.2 Å². The molecule has 18 heavy (non-hydrogen) atoms. The minimum Gasteiger partial charge on any atom is -0.368 e. The Labute approximate surface area is 116 Å². The fourth-order valence-electron chi connectivity index (χ4n) is 2.52. The SMILES string of the molecule is Cc1csc(SCCC2CCCC2(N)C(N)=O)n1. The largest absolute Gasteiger partial charge is 0.368 e. The Morgan fingerprint density at radius 2 is 2.50 bits per heavy atom. The summed E-state index contributed by atoms with van der Waals surface area (Å²) in [7, 11) is 0. The van der Waals surface area contributed by atoms with Crippen molar-refractivity contribution in [3.05, 3.63) is 11.1 Å². The topological polar surface area (TPSA) is 82.0 Å². The van der Waals surface area contributed by atoms with Crippen molar-refractivity contribution in [3.8, 4) is 0 Å². The summed E-state index contributed by atoms with van der Waals surface area (Å²) < 4.78 is 1.09. The van der Waals surface area contributed by atoms with E-state index in [4.69, 9.17) is 11.5 Å². The number of aryl methyl sites for hydroxylation is 1. The van der Waals surface area contributed by atoms with Gasteiger partial charge in [-0.05, 0) is 32.1 Å². The van der Waals surface area contributed by atoms with Gasteiger partial charge in [-0.2, -0.15) is 0 Å². The number of amides is 1. The van der Waals surface area contributed by atoms with Crippen molar-refractivity contribution in [2.45, 2.75) is 42.5 Å². The molecule has 1 fully saturated rings. The Bertz CT molecular complexity index is 435. The molecule has 1 saturated carbocycles. The van der Waals surface area contributed by atoms with Crippen LogP contribution in [0.3, 0.4) is 0 Å². The van der Waals surface area contributed by atoms with Crippen LogP contribution in [0.1, 0.15) is 31.4 Å². The molecular formula is C12H19N3OS2. The lowest BCUT2D eigenvalue weighted by molar-refractivity contribution is -0.124. The van der Waals surface area contributed by atoms with Crippen LogP contribution in [0.25, 0.3) is 0 Å². The number of carbonyl (C=O) groups excluding carboxylic acids is 1. The van der Waals surface area contributed by atoms with Crippen molar-refractivity contribution in [2.75, 3.05) is 5.75 Å². The maximum atomic E-state index is 11.5. The molecular weight excluding hydrogens is 266 g/mol. The molecule has 2 rings (SSSR count). The molecule has 1 aromatic heterocycles. The zero-order chi connectivity index (χ0) is 13.2. The third-order valence-electron chi connectivity index (χ3n) is 3.62. The molecule has 1 amide bonds. The fourth-order valence-corrected chi connectivity index (χ4v) is 4.49. The summed E-state index contributed by atoms with van der Waals surface area (Å²) >= 11 is 3.41. The van der Waals surface area contributed by atoms with E-state index in [1.165, 1.54) is 0 Å². The Morgan fingerprint density at radius 1 is 1.72 bits per heavy atom. The summed E-state index contributed by atoms with van der Waals surface area (Å²) in [6.07, 6.45) is 3.68. The van der Waals surface area contributed by atoms with Crippen LogP contribution in [-0.2, 0) is 4.79 Å². The minimum absolute atomic E-state index is 0.226. The standard InChI is InChI=1S/C12H19N3OS2/c1-8-7-18-11(15-8)17-6-4-9-3-2-5-12(9,14)10(13)16/h7,9H,2-6,14H2,1H3,(H2,13,16). The number of nitrogens with two attached hydrogens (primary N) is 2. The van der Waals surface area contributed by atoms with Gasteiger partial charge in [0.15, 0.2) is 0 Å². The second kappa shape index (κ2) is 5.59. The van der Waals surface area contributed by atoms with E-state index < -0.39 is 5.54 Å². The first-order valence-corrected chi connectivity index (χ1v) is 8.02. The van der Waals surface area contributed by atoms with Crippen LogP contribution in [0.5, 0.6) is 0 Å². The maximum absolute atomic E-state index is 11.5. The Hall–Kier alpha value is -0.590. The molecule has 0 saturated heterocycles. The van der Waals surface area contributed by atoms with Gasteiger partial charge >= 0.3 is 0 Å². The van der Waals surface area contributed by atoms with Gasteiger partial charge in [0.1, 0.15) is 4.34 Å². The zero-order valence-electron chi connectivity index (χ0n) is 10.5. The van der Waals surface area contributed by atoms with E-state index in [2.05, 4.69) is 10.4 Å². The zero-order valence-corrected chi connectivity index (χ0v) is 12.1. The highest BCUT2D eigenvalue weighted by molar-refractivity contribution is 8.00. The van der Waals surface area contributed by atoms with Gasteiger partial charge in [0, 0.05) is 16.8 Å². The van der Waals surface area contributed by atoms with E-state index in [-0.39, 0.29) is 11.8 Å². The van der Waals surface area contributed by atoms with Crippen LogP contribution in [0.15, 0.2) is 9.72 Å². The monoisotopic (exact) mass is 285 g/mol. The molecule has 0 radical (unpaired) electrons. The highest BCUT2D eigenvalue weighted by Crippen LogP contribution is 2.37. The molecule has 1 aliphatic rings. The number of hydrogen-bond donors (Lipinski definition) is 2. The first-order valence-electron chi connectivity index (χ1n) is 6.16. The minimum atomic E-state index is -0.778. The van der Waals surface area contributed by atoms with Crippen molar-refractivity contribution >= 4 is 29.0 Å². The molecule has 0 aliphatic heterocycles. The van der Waals surface area contributed by atoms with Crippen molar-refractivity contribution in [3.63, 3.8) is 0 Å². The lowest BCUT2D eigenvalue weighted by Gasteiger charge is -2.27. The molecule has 0 bridgehead atoms. The number of aromatic nitrogens is 1. The van der Waals surface area contributed by atoms with Crippen LogP contribution < -0.4 is 11.5 Å². The van der Waals surface area contributed by atoms with E-state index in [1.807, 2.05) is 6.92 Å². The van der Waals surface area contributed by atoms with Gasteiger partial charge in [-0.25, -0.2) is 4.98 Å². The van der Waals surface area contributed by atoms with E-state index >= 15 is 0 Å². The molecule has 4 N–H and O–H groups in total. The fraction of sp³-hybridized carbons (Fsp3) is 0.667. The molecule has 1 heterocycles. The number of nitrogens with zero attached hydrogens (tertiary/aromatic N) is 1. The smallest absolute Gasteiger partial charge is 0.237 e. The van der Waals surface area contributed by atoms with Crippen molar-refractivity contribution in [1.29, 1.82) is 0 Å². The van der Waals surface area contributed by atoms with Crippen molar-refractivity contribution in [1.82, 2.24) is 4.98 Å². The van der Waals surface area contributed by atoms with Gasteiger partial charge in [0.2, 0.25) is 5.91 Å². The Balaban J connectivity index is 1.85. The first kappa shape index (κ1) is 13.8. The predicted molar refractivity (Wildman–Crippen MR) is 75.6 cm³/mol. The Kier molecular flexibility index (Phi) is 4.29. The summed E-state index contributed by atoms with van der Waals surface area (Å²) in [5, 5.41) is 2.05. The molecule has 6 heteroatoms. The molecule has 4 nitrogen and oxygen atoms in total. The second-order valence-electron chi connectivity index (χ2n) is 4.89. The van der Waals surface area contributed by atoms with Crippen molar-refractivity contribution < 1.29 is 4.79 Å². The van der Waals surface area contributed by atoms with Crippen LogP contribution in [0, 0.1) is 12.8 Å². The molecule has 100 valence electrons. The lowest BCUT2D eigenvalue weighted by atomic mass is 9.85. The van der Waals surface area contributed by atoms with Gasteiger partial charge < -0.3 is 11.5 Å². The summed E-state index contributed by atoms with van der Waals surface area (Å²) in [4.78, 5) is 15.9. The Morgan fingerprint density at radius 3 is 3.11 bits per heavy atom. The second-order valence-corrected chi connectivity index (χ2v) is 7.09. The molecule has 1 aromatic rings. The van der Waals surface area contributed by atoms with Gasteiger partial charge in [0.05, 0.1) is 5.54 Å². The number of primary amides is 1. The summed E-state index contributed by atoms with van der Waals surface area (Å²) in [5.41, 5.74) is 11.8. The lowest BCUT2D eigenvalue weighted by Crippen LogP contribution is -2.54. The molecule has 0 aromatic carbocycles. The average Bonchev–Trinajstić information content (AvgIpc) is 2.87. The van der Waals surface area contributed by atoms with Crippen LogP contribution >= 0.6 is 23.1 Å². The summed E-state index contributed by atoms with van der Waals surface area (Å²) in [6.45, 7) is 2.00. The van der Waals surface area contributed by atoms with E-state index in [0.717, 1.165) is 41.5 Å². The van der Waals surface area contributed by atoms with Crippen LogP contribution in [-0.4, -0.2) is 22.2 Å². The summed E-state index contributed by atoms with van der Waals surface area (Å²) in [6, 6.07) is 0. The molecule has 2 atom stereocenters.